The average molecular weight is 382 g/mol. The van der Waals surface area contributed by atoms with E-state index in [0.717, 1.165) is 11.8 Å². The number of carbonyl (C=O) groups excluding carboxylic acids is 2. The number of non-ortho nitro benzene ring substituents is 1. The Bertz CT molecular complexity index is 943. The van der Waals surface area contributed by atoms with E-state index in [9.17, 15) is 19.7 Å². The normalized spacial score (nSPS) is 18.0. The number of rotatable bonds is 6. The van der Waals surface area contributed by atoms with Gasteiger partial charge in [0, 0.05) is 29.7 Å². The lowest BCUT2D eigenvalue weighted by molar-refractivity contribution is -0.384. The van der Waals surface area contributed by atoms with Crippen LogP contribution in [-0.4, -0.2) is 33.2 Å². The second-order valence-corrected chi connectivity index (χ2v) is 6.78. The topological polar surface area (TPSA) is 114 Å². The molecule has 3 rings (SSSR count). The average Bonchev–Trinajstić information content (AvgIpc) is 3.02. The largest absolute Gasteiger partial charge is 0.303 e. The van der Waals surface area contributed by atoms with E-state index >= 15 is 0 Å². The zero-order valence-electron chi connectivity index (χ0n) is 13.9. The van der Waals surface area contributed by atoms with Crippen molar-refractivity contribution >= 4 is 40.5 Å². The standard InChI is InChI=1S/C18H14N4O4S/c23-15(13-6-2-1-3-7-13)10-16-17(24)20-18(27-16)21-19-11-12-5-4-8-14(9-12)22(25)26/h1-9,11,16H,10H2,(H,20,21,24)/t16-/m0/s1. The van der Waals surface area contributed by atoms with E-state index in [1.807, 2.05) is 6.07 Å². The van der Waals surface area contributed by atoms with Crippen molar-refractivity contribution in [2.24, 2.45) is 10.2 Å². The molecule has 1 heterocycles. The van der Waals surface area contributed by atoms with Crippen LogP contribution in [0, 0.1) is 10.1 Å². The van der Waals surface area contributed by atoms with Crippen LogP contribution in [0.4, 0.5) is 5.69 Å². The number of nitrogens with one attached hydrogen (secondary N) is 1. The van der Waals surface area contributed by atoms with Crippen molar-refractivity contribution in [3.63, 3.8) is 0 Å². The molecule has 0 unspecified atom stereocenters. The zero-order valence-corrected chi connectivity index (χ0v) is 14.8. The molecule has 136 valence electrons. The van der Waals surface area contributed by atoms with Gasteiger partial charge in [-0.3, -0.25) is 19.7 Å². The van der Waals surface area contributed by atoms with Gasteiger partial charge in [-0.25, -0.2) is 0 Å². The molecule has 8 nitrogen and oxygen atoms in total. The second kappa shape index (κ2) is 8.37. The third-order valence-electron chi connectivity index (χ3n) is 3.68. The highest BCUT2D eigenvalue weighted by Crippen LogP contribution is 2.24. The number of thioether (sulfide) groups is 1. The molecule has 0 spiro atoms. The number of ketones is 1. The van der Waals surface area contributed by atoms with Crippen LogP contribution in [0.1, 0.15) is 22.3 Å². The van der Waals surface area contributed by atoms with Crippen molar-refractivity contribution in [3.05, 3.63) is 75.8 Å². The van der Waals surface area contributed by atoms with E-state index in [1.54, 1.807) is 36.4 Å². The summed E-state index contributed by atoms with van der Waals surface area (Å²) < 4.78 is 0. The highest BCUT2D eigenvalue weighted by molar-refractivity contribution is 8.15. The predicted molar refractivity (Wildman–Crippen MR) is 103 cm³/mol. The molecule has 1 saturated heterocycles. The predicted octanol–water partition coefficient (Wildman–Crippen LogP) is 2.79. The fourth-order valence-corrected chi connectivity index (χ4v) is 3.29. The van der Waals surface area contributed by atoms with Gasteiger partial charge in [-0.2, -0.15) is 5.10 Å². The van der Waals surface area contributed by atoms with E-state index in [1.165, 1.54) is 18.3 Å². The summed E-state index contributed by atoms with van der Waals surface area (Å²) in [4.78, 5) is 34.5. The lowest BCUT2D eigenvalue weighted by Gasteiger charge is -2.04. The van der Waals surface area contributed by atoms with Gasteiger partial charge in [-0.15, -0.1) is 5.10 Å². The molecule has 1 N–H and O–H groups in total. The molecule has 1 aliphatic rings. The Labute approximate surface area is 158 Å². The Balaban J connectivity index is 1.62. The molecule has 0 radical (unpaired) electrons. The molecule has 1 amide bonds. The Hall–Kier alpha value is -3.33. The van der Waals surface area contributed by atoms with E-state index in [4.69, 9.17) is 0 Å². The quantitative estimate of drug-likeness (QED) is 0.357. The smallest absolute Gasteiger partial charge is 0.270 e. The van der Waals surface area contributed by atoms with Gasteiger partial charge in [0.1, 0.15) is 0 Å². The Morgan fingerprint density at radius 3 is 2.74 bits per heavy atom. The van der Waals surface area contributed by atoms with Gasteiger partial charge in [0.2, 0.25) is 5.91 Å². The van der Waals surface area contributed by atoms with Crippen molar-refractivity contribution in [3.8, 4) is 0 Å². The molecule has 0 bridgehead atoms. The first-order chi connectivity index (χ1) is 13.0. The van der Waals surface area contributed by atoms with Gasteiger partial charge in [-0.1, -0.05) is 54.2 Å². The van der Waals surface area contributed by atoms with Gasteiger partial charge >= 0.3 is 0 Å². The fourth-order valence-electron chi connectivity index (χ4n) is 2.36. The van der Waals surface area contributed by atoms with Crippen molar-refractivity contribution in [1.82, 2.24) is 5.32 Å². The molecule has 27 heavy (non-hydrogen) atoms. The van der Waals surface area contributed by atoms with Crippen LogP contribution in [0.25, 0.3) is 0 Å². The minimum absolute atomic E-state index is 0.0466. The number of Topliss-reactive ketones (excluding diaryl/α,β-unsaturated/α-hetero) is 1. The number of nitrogens with zero attached hydrogens (tertiary/aromatic N) is 3. The highest BCUT2D eigenvalue weighted by Gasteiger charge is 2.32. The zero-order chi connectivity index (χ0) is 19.2. The third-order valence-corrected chi connectivity index (χ3v) is 4.75. The summed E-state index contributed by atoms with van der Waals surface area (Å²) in [7, 11) is 0. The summed E-state index contributed by atoms with van der Waals surface area (Å²) >= 11 is 1.13. The van der Waals surface area contributed by atoms with Crippen LogP contribution < -0.4 is 5.32 Å². The number of hydrogen-bond donors (Lipinski definition) is 1. The van der Waals surface area contributed by atoms with E-state index in [0.29, 0.717) is 11.1 Å². The Morgan fingerprint density at radius 1 is 1.22 bits per heavy atom. The molecular formula is C18H14N4O4S. The lowest BCUT2D eigenvalue weighted by Crippen LogP contribution is -2.26. The van der Waals surface area contributed by atoms with Crippen LogP contribution in [0.5, 0.6) is 0 Å². The van der Waals surface area contributed by atoms with E-state index in [2.05, 4.69) is 15.5 Å². The maximum absolute atomic E-state index is 12.2. The minimum Gasteiger partial charge on any atom is -0.303 e. The van der Waals surface area contributed by atoms with Gasteiger partial charge in [0.05, 0.1) is 16.4 Å². The van der Waals surface area contributed by atoms with Crippen LogP contribution >= 0.6 is 11.8 Å². The Morgan fingerprint density at radius 2 is 2.00 bits per heavy atom. The van der Waals surface area contributed by atoms with Crippen molar-refractivity contribution in [1.29, 1.82) is 0 Å². The van der Waals surface area contributed by atoms with E-state index in [-0.39, 0.29) is 29.0 Å². The van der Waals surface area contributed by atoms with Crippen LogP contribution in [0.15, 0.2) is 64.8 Å². The lowest BCUT2D eigenvalue weighted by atomic mass is 10.1. The van der Waals surface area contributed by atoms with E-state index < -0.39 is 10.2 Å². The van der Waals surface area contributed by atoms with Crippen molar-refractivity contribution < 1.29 is 14.5 Å². The number of hydrogen-bond acceptors (Lipinski definition) is 7. The molecule has 2 aromatic rings. The highest BCUT2D eigenvalue weighted by atomic mass is 32.2. The summed E-state index contributed by atoms with van der Waals surface area (Å²) in [6.45, 7) is 0. The third kappa shape index (κ3) is 4.85. The molecule has 1 fully saturated rings. The summed E-state index contributed by atoms with van der Waals surface area (Å²) in [5.41, 5.74) is 1.02. The molecule has 1 aliphatic heterocycles. The van der Waals surface area contributed by atoms with Crippen LogP contribution in [0.2, 0.25) is 0 Å². The summed E-state index contributed by atoms with van der Waals surface area (Å²) in [5, 5.41) is 20.8. The molecule has 0 aromatic heterocycles. The van der Waals surface area contributed by atoms with Crippen LogP contribution in [0.3, 0.4) is 0 Å². The SMILES string of the molecule is O=C(C[C@@H]1S/C(=N/N=Cc2cccc([N+](=O)[O-])c2)NC1=O)c1ccccc1. The number of nitro benzene ring substituents is 1. The van der Waals surface area contributed by atoms with Gasteiger partial charge in [0.25, 0.3) is 5.69 Å². The van der Waals surface area contributed by atoms with Gasteiger partial charge < -0.3 is 5.32 Å². The molecule has 1 atom stereocenters. The minimum atomic E-state index is -0.565. The van der Waals surface area contributed by atoms with Crippen molar-refractivity contribution in [2.45, 2.75) is 11.7 Å². The van der Waals surface area contributed by atoms with Gasteiger partial charge in [-0.05, 0) is 0 Å². The second-order valence-electron chi connectivity index (χ2n) is 5.59. The van der Waals surface area contributed by atoms with Crippen molar-refractivity contribution in [2.75, 3.05) is 0 Å². The molecule has 2 aromatic carbocycles. The molecule has 0 saturated carbocycles. The number of carbonyl (C=O) groups is 2. The molecule has 0 aliphatic carbocycles. The number of amides is 1. The maximum atomic E-state index is 12.2. The monoisotopic (exact) mass is 382 g/mol. The first-order valence-electron chi connectivity index (χ1n) is 7.94. The molecular weight excluding hydrogens is 368 g/mol. The summed E-state index contributed by atoms with van der Waals surface area (Å²) in [5.74, 6) is -0.418. The molecule has 9 heteroatoms. The Kier molecular flexibility index (Phi) is 5.72. The number of benzene rings is 2. The summed E-state index contributed by atoms with van der Waals surface area (Å²) in [6.07, 6.45) is 1.42. The van der Waals surface area contributed by atoms with Crippen LogP contribution in [-0.2, 0) is 4.79 Å². The number of amidine groups is 1. The first kappa shape index (κ1) is 18.5. The first-order valence-corrected chi connectivity index (χ1v) is 8.82. The number of nitro groups is 1. The maximum Gasteiger partial charge on any atom is 0.270 e. The van der Waals surface area contributed by atoms with Gasteiger partial charge in [0.15, 0.2) is 11.0 Å². The fraction of sp³-hybridized carbons (Fsp3) is 0.111. The summed E-state index contributed by atoms with van der Waals surface area (Å²) in [6, 6.07) is 14.7.